The van der Waals surface area contributed by atoms with Crippen molar-refractivity contribution < 1.29 is 21.2 Å². The van der Waals surface area contributed by atoms with Crippen molar-refractivity contribution in [3.8, 4) is 0 Å². The number of rotatable bonds is 3. The standard InChI is InChI=1S/C9H11FO4S2/c1-15(11,12)8-5-3-7(4-6-8)9(10)16(2,13)14/h3-6,9H,1-2H3. The zero-order valence-electron chi connectivity index (χ0n) is 8.71. The highest BCUT2D eigenvalue weighted by atomic mass is 32.2. The van der Waals surface area contributed by atoms with Crippen molar-refractivity contribution in [1.82, 2.24) is 0 Å². The number of alkyl halides is 1. The van der Waals surface area contributed by atoms with E-state index in [-0.39, 0.29) is 10.5 Å². The molecule has 1 unspecified atom stereocenters. The van der Waals surface area contributed by atoms with Crippen LogP contribution in [0.2, 0.25) is 0 Å². The van der Waals surface area contributed by atoms with Gasteiger partial charge >= 0.3 is 0 Å². The van der Waals surface area contributed by atoms with Gasteiger partial charge in [-0.1, -0.05) is 12.1 Å². The Morgan fingerprint density at radius 3 is 1.75 bits per heavy atom. The van der Waals surface area contributed by atoms with Gasteiger partial charge < -0.3 is 0 Å². The smallest absolute Gasteiger partial charge is 0.225 e. The van der Waals surface area contributed by atoms with Crippen LogP contribution >= 0.6 is 0 Å². The average Bonchev–Trinajstić information content (AvgIpc) is 2.14. The van der Waals surface area contributed by atoms with Gasteiger partial charge in [-0.2, -0.15) is 0 Å². The Hall–Kier alpha value is -0.950. The summed E-state index contributed by atoms with van der Waals surface area (Å²) in [4.78, 5) is 0.0250. The van der Waals surface area contributed by atoms with Crippen LogP contribution in [0, 0.1) is 0 Å². The van der Waals surface area contributed by atoms with E-state index in [0.29, 0.717) is 0 Å². The summed E-state index contributed by atoms with van der Waals surface area (Å²) in [5.74, 6) is 0. The van der Waals surface area contributed by atoms with E-state index in [2.05, 4.69) is 0 Å². The zero-order chi connectivity index (χ0) is 12.6. The monoisotopic (exact) mass is 266 g/mol. The first-order chi connectivity index (χ1) is 7.12. The lowest BCUT2D eigenvalue weighted by molar-refractivity contribution is 0.433. The van der Waals surface area contributed by atoms with Crippen LogP contribution < -0.4 is 0 Å². The highest BCUT2D eigenvalue weighted by Gasteiger charge is 2.21. The Morgan fingerprint density at radius 1 is 1.00 bits per heavy atom. The van der Waals surface area contributed by atoms with Crippen LogP contribution in [0.15, 0.2) is 29.2 Å². The van der Waals surface area contributed by atoms with Crippen molar-refractivity contribution in [1.29, 1.82) is 0 Å². The van der Waals surface area contributed by atoms with Gasteiger partial charge in [-0.05, 0) is 12.1 Å². The van der Waals surface area contributed by atoms with Gasteiger partial charge in [0.15, 0.2) is 19.7 Å². The Bertz CT molecular complexity index is 572. The lowest BCUT2D eigenvalue weighted by atomic mass is 10.2. The molecule has 0 aliphatic carbocycles. The van der Waals surface area contributed by atoms with Crippen molar-refractivity contribution in [2.45, 2.75) is 10.4 Å². The summed E-state index contributed by atoms with van der Waals surface area (Å²) in [6, 6.07) is 4.68. The molecule has 0 fully saturated rings. The molecule has 0 aliphatic heterocycles. The van der Waals surface area contributed by atoms with Crippen LogP contribution in [0.25, 0.3) is 0 Å². The van der Waals surface area contributed by atoms with Crippen molar-refractivity contribution >= 4 is 19.7 Å². The first-order valence-electron chi connectivity index (χ1n) is 4.25. The third-order valence-corrected chi connectivity index (χ3v) is 4.10. The maximum Gasteiger partial charge on any atom is 0.225 e. The van der Waals surface area contributed by atoms with E-state index in [1.54, 1.807) is 0 Å². The molecule has 0 aromatic heterocycles. The van der Waals surface area contributed by atoms with E-state index in [1.165, 1.54) is 12.1 Å². The summed E-state index contributed by atoms with van der Waals surface area (Å²) in [6.45, 7) is 0. The molecule has 90 valence electrons. The number of sulfone groups is 2. The molecule has 0 bridgehead atoms. The minimum Gasteiger partial charge on any atom is -0.226 e. The molecular weight excluding hydrogens is 255 g/mol. The zero-order valence-corrected chi connectivity index (χ0v) is 10.3. The largest absolute Gasteiger partial charge is 0.226 e. The van der Waals surface area contributed by atoms with Gasteiger partial charge in [0.25, 0.3) is 0 Å². The van der Waals surface area contributed by atoms with Crippen LogP contribution in [0.3, 0.4) is 0 Å². The highest BCUT2D eigenvalue weighted by molar-refractivity contribution is 7.91. The molecule has 0 saturated carbocycles. The molecule has 16 heavy (non-hydrogen) atoms. The van der Waals surface area contributed by atoms with Crippen molar-refractivity contribution in [2.75, 3.05) is 12.5 Å². The van der Waals surface area contributed by atoms with Gasteiger partial charge in [0, 0.05) is 18.1 Å². The molecular formula is C9H11FO4S2. The Balaban J connectivity index is 3.15. The molecule has 0 radical (unpaired) electrons. The van der Waals surface area contributed by atoms with Crippen molar-refractivity contribution in [3.05, 3.63) is 29.8 Å². The van der Waals surface area contributed by atoms with Crippen LogP contribution in [-0.4, -0.2) is 29.3 Å². The van der Waals surface area contributed by atoms with Crippen LogP contribution in [0.1, 0.15) is 11.1 Å². The highest BCUT2D eigenvalue weighted by Crippen LogP contribution is 2.24. The van der Waals surface area contributed by atoms with E-state index < -0.39 is 25.2 Å². The molecule has 0 spiro atoms. The van der Waals surface area contributed by atoms with E-state index in [9.17, 15) is 21.2 Å². The number of benzene rings is 1. The second-order valence-electron chi connectivity index (χ2n) is 3.49. The fourth-order valence-corrected chi connectivity index (χ4v) is 2.40. The third-order valence-electron chi connectivity index (χ3n) is 1.95. The quantitative estimate of drug-likeness (QED) is 0.821. The molecule has 0 saturated heterocycles. The average molecular weight is 266 g/mol. The third kappa shape index (κ3) is 3.02. The minimum absolute atomic E-state index is 0.0250. The second-order valence-corrected chi connectivity index (χ2v) is 7.58. The number of hydrogen-bond acceptors (Lipinski definition) is 4. The van der Waals surface area contributed by atoms with Gasteiger partial charge in [0.05, 0.1) is 4.90 Å². The summed E-state index contributed by atoms with van der Waals surface area (Å²) in [5.41, 5.74) is -2.20. The molecule has 0 aliphatic rings. The van der Waals surface area contributed by atoms with Crippen LogP contribution in [-0.2, 0) is 19.7 Å². The molecule has 1 atom stereocenters. The summed E-state index contributed by atoms with van der Waals surface area (Å²) in [6.07, 6.45) is 1.80. The summed E-state index contributed by atoms with van der Waals surface area (Å²) >= 11 is 0. The van der Waals surface area contributed by atoms with E-state index in [4.69, 9.17) is 0 Å². The van der Waals surface area contributed by atoms with E-state index in [1.807, 2.05) is 0 Å². The fourth-order valence-electron chi connectivity index (χ4n) is 1.11. The molecule has 4 nitrogen and oxygen atoms in total. The predicted octanol–water partition coefficient (Wildman–Crippen LogP) is 1.10. The lowest BCUT2D eigenvalue weighted by Gasteiger charge is -2.06. The Kier molecular flexibility index (Phi) is 3.39. The minimum atomic E-state index is -3.82. The summed E-state index contributed by atoms with van der Waals surface area (Å²) in [7, 11) is -7.17. The van der Waals surface area contributed by atoms with Gasteiger partial charge in [-0.25, -0.2) is 21.2 Å². The van der Waals surface area contributed by atoms with Crippen LogP contribution in [0.5, 0.6) is 0 Å². The molecule has 0 N–H and O–H groups in total. The maximum atomic E-state index is 13.3. The van der Waals surface area contributed by atoms with Crippen molar-refractivity contribution in [3.63, 3.8) is 0 Å². The summed E-state index contributed by atoms with van der Waals surface area (Å²) < 4.78 is 57.4. The number of hydrogen-bond donors (Lipinski definition) is 0. The van der Waals surface area contributed by atoms with Gasteiger partial charge in [-0.15, -0.1) is 0 Å². The molecule has 1 aromatic carbocycles. The van der Waals surface area contributed by atoms with Gasteiger partial charge in [0.2, 0.25) is 5.50 Å². The van der Waals surface area contributed by atoms with E-state index >= 15 is 0 Å². The normalized spacial score (nSPS) is 14.7. The molecule has 0 heterocycles. The van der Waals surface area contributed by atoms with Crippen LogP contribution in [0.4, 0.5) is 4.39 Å². The molecule has 1 aromatic rings. The van der Waals surface area contributed by atoms with Crippen molar-refractivity contribution in [2.24, 2.45) is 0 Å². The molecule has 7 heteroatoms. The van der Waals surface area contributed by atoms with Gasteiger partial charge in [0.1, 0.15) is 0 Å². The van der Waals surface area contributed by atoms with Gasteiger partial charge in [-0.3, -0.25) is 0 Å². The Labute approximate surface area is 93.9 Å². The number of halogens is 1. The predicted molar refractivity (Wildman–Crippen MR) is 58.2 cm³/mol. The van der Waals surface area contributed by atoms with E-state index in [0.717, 1.165) is 24.6 Å². The fraction of sp³-hybridized carbons (Fsp3) is 0.333. The second kappa shape index (κ2) is 4.14. The topological polar surface area (TPSA) is 68.3 Å². The maximum absolute atomic E-state index is 13.3. The Morgan fingerprint density at radius 2 is 1.44 bits per heavy atom. The molecule has 0 amide bonds. The first kappa shape index (κ1) is 13.1. The molecule has 1 rings (SSSR count). The summed E-state index contributed by atoms with van der Waals surface area (Å²) in [5, 5.41) is 0. The SMILES string of the molecule is CS(=O)(=O)c1ccc(C(F)S(C)(=O)=O)cc1. The first-order valence-corrected chi connectivity index (χ1v) is 8.10. The lowest BCUT2D eigenvalue weighted by Crippen LogP contribution is -2.06.